The molecule has 2 aromatic rings. The average Bonchev–Trinajstić information content (AvgIpc) is 2.76. The molecule has 0 bridgehead atoms. The van der Waals surface area contributed by atoms with E-state index < -0.39 is 0 Å². The van der Waals surface area contributed by atoms with E-state index in [9.17, 15) is 0 Å². The number of hydrogen-bond donors (Lipinski definition) is 1. The highest BCUT2D eigenvalue weighted by Crippen LogP contribution is 2.18. The molecule has 1 aromatic carbocycles. The van der Waals surface area contributed by atoms with Crippen LogP contribution in [0.4, 0.5) is 0 Å². The maximum Gasteiger partial charge on any atom is 0.149 e. The summed E-state index contributed by atoms with van der Waals surface area (Å²) in [5, 5.41) is 11.6. The Morgan fingerprint density at radius 2 is 1.78 bits per heavy atom. The van der Waals surface area contributed by atoms with Crippen LogP contribution < -0.4 is 5.32 Å². The summed E-state index contributed by atoms with van der Waals surface area (Å²) in [7, 11) is 1.96. The zero-order valence-electron chi connectivity index (χ0n) is 11.4. The third kappa shape index (κ3) is 2.76. The van der Waals surface area contributed by atoms with E-state index in [4.69, 9.17) is 0 Å². The summed E-state index contributed by atoms with van der Waals surface area (Å²) in [6.07, 6.45) is 1.73. The van der Waals surface area contributed by atoms with E-state index in [-0.39, 0.29) is 12.1 Å². The van der Waals surface area contributed by atoms with Crippen LogP contribution in [-0.4, -0.2) is 14.8 Å². The Balaban J connectivity index is 2.05. The van der Waals surface area contributed by atoms with Crippen LogP contribution in [0.15, 0.2) is 30.6 Å². The Morgan fingerprint density at radius 1 is 1.11 bits per heavy atom. The zero-order chi connectivity index (χ0) is 13.1. The molecule has 96 valence electrons. The quantitative estimate of drug-likeness (QED) is 0.898. The highest BCUT2D eigenvalue weighted by Gasteiger charge is 2.14. The molecule has 0 aliphatic rings. The molecule has 0 saturated carbocycles. The maximum absolute atomic E-state index is 4.13. The summed E-state index contributed by atoms with van der Waals surface area (Å²) in [5.74, 6) is 0.953. The van der Waals surface area contributed by atoms with Gasteiger partial charge in [0.2, 0.25) is 0 Å². The fraction of sp³-hybridized carbons (Fsp3) is 0.429. The topological polar surface area (TPSA) is 42.7 Å². The van der Waals surface area contributed by atoms with Crippen LogP contribution in [0.3, 0.4) is 0 Å². The van der Waals surface area contributed by atoms with E-state index in [0.717, 1.165) is 5.82 Å². The van der Waals surface area contributed by atoms with Gasteiger partial charge in [0.25, 0.3) is 0 Å². The smallest absolute Gasteiger partial charge is 0.149 e. The number of benzene rings is 1. The number of nitrogens with zero attached hydrogens (tertiary/aromatic N) is 3. The maximum atomic E-state index is 4.13. The summed E-state index contributed by atoms with van der Waals surface area (Å²) >= 11 is 0. The van der Waals surface area contributed by atoms with E-state index in [1.807, 2.05) is 11.6 Å². The molecule has 1 aromatic heterocycles. The number of aromatic nitrogens is 3. The van der Waals surface area contributed by atoms with Gasteiger partial charge in [-0.15, -0.1) is 10.2 Å². The van der Waals surface area contributed by atoms with Crippen molar-refractivity contribution in [2.75, 3.05) is 0 Å². The lowest BCUT2D eigenvalue weighted by Crippen LogP contribution is -2.24. The monoisotopic (exact) mass is 244 g/mol. The minimum Gasteiger partial charge on any atom is -0.319 e. The fourth-order valence-corrected chi connectivity index (χ4v) is 2.09. The number of rotatable bonds is 4. The summed E-state index contributed by atoms with van der Waals surface area (Å²) < 4.78 is 1.94. The Kier molecular flexibility index (Phi) is 3.77. The number of hydrogen-bond acceptors (Lipinski definition) is 3. The Bertz CT molecular complexity index is 501. The van der Waals surface area contributed by atoms with Gasteiger partial charge in [0, 0.05) is 13.1 Å². The average molecular weight is 244 g/mol. The number of nitrogens with one attached hydrogen (secondary N) is 1. The van der Waals surface area contributed by atoms with E-state index in [2.05, 4.69) is 60.6 Å². The van der Waals surface area contributed by atoms with Gasteiger partial charge in [-0.1, -0.05) is 29.8 Å². The van der Waals surface area contributed by atoms with Crippen LogP contribution in [0, 0.1) is 6.92 Å². The third-order valence-electron chi connectivity index (χ3n) is 3.21. The Morgan fingerprint density at radius 3 is 2.33 bits per heavy atom. The van der Waals surface area contributed by atoms with E-state index >= 15 is 0 Å². The molecule has 2 unspecified atom stereocenters. The summed E-state index contributed by atoms with van der Waals surface area (Å²) in [4.78, 5) is 0. The van der Waals surface area contributed by atoms with Crippen LogP contribution in [-0.2, 0) is 7.05 Å². The first kappa shape index (κ1) is 12.8. The molecule has 18 heavy (non-hydrogen) atoms. The van der Waals surface area contributed by atoms with Crippen LogP contribution in [0.25, 0.3) is 0 Å². The molecule has 0 fully saturated rings. The summed E-state index contributed by atoms with van der Waals surface area (Å²) in [6, 6.07) is 9.07. The summed E-state index contributed by atoms with van der Waals surface area (Å²) in [5.41, 5.74) is 2.57. The van der Waals surface area contributed by atoms with Crippen molar-refractivity contribution in [3.8, 4) is 0 Å². The predicted molar refractivity (Wildman–Crippen MR) is 72.1 cm³/mol. The van der Waals surface area contributed by atoms with E-state index in [1.165, 1.54) is 11.1 Å². The van der Waals surface area contributed by atoms with E-state index in [0.29, 0.717) is 0 Å². The van der Waals surface area contributed by atoms with Crippen molar-refractivity contribution in [1.82, 2.24) is 20.1 Å². The van der Waals surface area contributed by atoms with Gasteiger partial charge >= 0.3 is 0 Å². The zero-order valence-corrected chi connectivity index (χ0v) is 11.4. The second kappa shape index (κ2) is 5.31. The van der Waals surface area contributed by atoms with Crippen LogP contribution >= 0.6 is 0 Å². The van der Waals surface area contributed by atoms with Crippen molar-refractivity contribution >= 4 is 0 Å². The Labute approximate surface area is 108 Å². The largest absolute Gasteiger partial charge is 0.319 e. The van der Waals surface area contributed by atoms with Gasteiger partial charge < -0.3 is 9.88 Å². The second-order valence-corrected chi connectivity index (χ2v) is 4.82. The standard InChI is InChI=1S/C14H20N4/c1-10-5-7-13(8-6-10)11(2)16-12(3)14-17-15-9-18(14)4/h5-9,11-12,16H,1-4H3. The first-order valence-electron chi connectivity index (χ1n) is 6.24. The third-order valence-corrected chi connectivity index (χ3v) is 3.21. The van der Waals surface area contributed by atoms with Crippen LogP contribution in [0.5, 0.6) is 0 Å². The van der Waals surface area contributed by atoms with Crippen LogP contribution in [0.1, 0.15) is 42.9 Å². The minimum absolute atomic E-state index is 0.175. The highest BCUT2D eigenvalue weighted by molar-refractivity contribution is 5.23. The molecule has 2 rings (SSSR count). The first-order valence-corrected chi connectivity index (χ1v) is 6.24. The molecule has 0 aliphatic heterocycles. The molecule has 0 saturated heterocycles. The first-order chi connectivity index (χ1) is 8.58. The molecule has 2 atom stereocenters. The van der Waals surface area contributed by atoms with Gasteiger partial charge in [-0.05, 0) is 26.3 Å². The van der Waals surface area contributed by atoms with Crippen molar-refractivity contribution < 1.29 is 0 Å². The normalized spacial score (nSPS) is 14.4. The fourth-order valence-electron chi connectivity index (χ4n) is 2.09. The van der Waals surface area contributed by atoms with Gasteiger partial charge in [-0.2, -0.15) is 0 Å². The summed E-state index contributed by atoms with van der Waals surface area (Å²) in [6.45, 7) is 6.37. The second-order valence-electron chi connectivity index (χ2n) is 4.82. The SMILES string of the molecule is Cc1ccc(C(C)NC(C)c2nncn2C)cc1. The molecular weight excluding hydrogens is 224 g/mol. The molecule has 0 aliphatic carbocycles. The van der Waals surface area contributed by atoms with E-state index in [1.54, 1.807) is 6.33 Å². The molecule has 0 amide bonds. The molecule has 0 spiro atoms. The Hall–Kier alpha value is -1.68. The lowest BCUT2D eigenvalue weighted by Gasteiger charge is -2.19. The lowest BCUT2D eigenvalue weighted by atomic mass is 10.1. The van der Waals surface area contributed by atoms with Crippen molar-refractivity contribution in [1.29, 1.82) is 0 Å². The van der Waals surface area contributed by atoms with Crippen molar-refractivity contribution in [2.24, 2.45) is 7.05 Å². The van der Waals surface area contributed by atoms with Gasteiger partial charge in [-0.25, -0.2) is 0 Å². The van der Waals surface area contributed by atoms with Gasteiger partial charge in [0.05, 0.1) is 6.04 Å². The molecule has 4 nitrogen and oxygen atoms in total. The van der Waals surface area contributed by atoms with Gasteiger partial charge in [0.1, 0.15) is 12.2 Å². The minimum atomic E-state index is 0.175. The predicted octanol–water partition coefficient (Wildman–Crippen LogP) is 2.54. The van der Waals surface area contributed by atoms with Gasteiger partial charge in [0.15, 0.2) is 0 Å². The van der Waals surface area contributed by atoms with Gasteiger partial charge in [-0.3, -0.25) is 0 Å². The number of aryl methyl sites for hydroxylation is 2. The highest BCUT2D eigenvalue weighted by atomic mass is 15.3. The molecule has 1 heterocycles. The van der Waals surface area contributed by atoms with Crippen molar-refractivity contribution in [3.63, 3.8) is 0 Å². The molecule has 4 heteroatoms. The molecular formula is C14H20N4. The molecule has 0 radical (unpaired) electrons. The lowest BCUT2D eigenvalue weighted by molar-refractivity contribution is 0.466. The van der Waals surface area contributed by atoms with Crippen molar-refractivity contribution in [3.05, 3.63) is 47.5 Å². The van der Waals surface area contributed by atoms with Crippen LogP contribution in [0.2, 0.25) is 0 Å². The molecule has 1 N–H and O–H groups in total. The van der Waals surface area contributed by atoms with Crippen molar-refractivity contribution in [2.45, 2.75) is 32.9 Å².